The summed E-state index contributed by atoms with van der Waals surface area (Å²) in [4.78, 5) is 16.3. The highest BCUT2D eigenvalue weighted by Crippen LogP contribution is 2.29. The summed E-state index contributed by atoms with van der Waals surface area (Å²) in [6.07, 6.45) is 0. The van der Waals surface area contributed by atoms with Crippen molar-refractivity contribution in [1.82, 2.24) is 9.21 Å². The molecular formula is C23H26N2O5S2. The van der Waals surface area contributed by atoms with Gasteiger partial charge in [-0.05, 0) is 47.3 Å². The Bertz CT molecular complexity index is 1170. The molecule has 1 aromatic heterocycles. The number of rotatable bonds is 9. The van der Waals surface area contributed by atoms with Gasteiger partial charge < -0.3 is 14.4 Å². The standard InChI is InChI=1S/C23H26N2O5S2/c1-24(2)32(27,28)20-9-5-7-18(14-20)23(26)25(16-19-8-6-12-31-19)15-17-10-11-21(29-3)22(13-17)30-4/h5-14H,15-16H2,1-4H3. The second-order valence-corrected chi connectivity index (χ2v) is 10.4. The van der Waals surface area contributed by atoms with Crippen LogP contribution in [0.3, 0.4) is 0 Å². The van der Waals surface area contributed by atoms with Crippen molar-refractivity contribution in [2.45, 2.75) is 18.0 Å². The molecule has 0 fully saturated rings. The molecule has 0 aliphatic carbocycles. The minimum absolute atomic E-state index is 0.0792. The van der Waals surface area contributed by atoms with Crippen LogP contribution in [0.1, 0.15) is 20.8 Å². The fourth-order valence-corrected chi connectivity index (χ4v) is 4.84. The minimum atomic E-state index is -3.65. The van der Waals surface area contributed by atoms with Crippen LogP contribution in [0.5, 0.6) is 11.5 Å². The molecule has 9 heteroatoms. The van der Waals surface area contributed by atoms with E-state index in [0.29, 0.717) is 30.2 Å². The van der Waals surface area contributed by atoms with Crippen LogP contribution >= 0.6 is 11.3 Å². The van der Waals surface area contributed by atoms with E-state index >= 15 is 0 Å². The maximum Gasteiger partial charge on any atom is 0.254 e. The number of hydrogen-bond acceptors (Lipinski definition) is 6. The molecule has 0 radical (unpaired) electrons. The summed E-state index contributed by atoms with van der Waals surface area (Å²) in [7, 11) is 2.41. The van der Waals surface area contributed by atoms with Crippen LogP contribution in [0.2, 0.25) is 0 Å². The molecule has 0 bridgehead atoms. The summed E-state index contributed by atoms with van der Waals surface area (Å²) >= 11 is 1.56. The Hall–Kier alpha value is -2.88. The van der Waals surface area contributed by atoms with Gasteiger partial charge in [0.05, 0.1) is 25.7 Å². The Balaban J connectivity index is 1.95. The number of carbonyl (C=O) groups excluding carboxylic acids is 1. The summed E-state index contributed by atoms with van der Waals surface area (Å²) in [6.45, 7) is 0.719. The third kappa shape index (κ3) is 5.29. The molecule has 1 heterocycles. The molecule has 0 aliphatic rings. The number of benzene rings is 2. The predicted molar refractivity (Wildman–Crippen MR) is 125 cm³/mol. The first-order chi connectivity index (χ1) is 15.3. The van der Waals surface area contributed by atoms with Crippen LogP contribution in [0, 0.1) is 0 Å². The Kier molecular flexibility index (Phi) is 7.55. The normalized spacial score (nSPS) is 11.4. The van der Waals surface area contributed by atoms with E-state index < -0.39 is 10.0 Å². The topological polar surface area (TPSA) is 76.2 Å². The zero-order chi connectivity index (χ0) is 23.3. The monoisotopic (exact) mass is 474 g/mol. The molecule has 1 amide bonds. The van der Waals surface area contributed by atoms with Crippen LogP contribution in [-0.4, -0.2) is 51.8 Å². The molecule has 0 unspecified atom stereocenters. The molecule has 0 atom stereocenters. The summed E-state index contributed by atoms with van der Waals surface area (Å²) < 4.78 is 36.9. The lowest BCUT2D eigenvalue weighted by Crippen LogP contribution is -2.30. The van der Waals surface area contributed by atoms with Gasteiger partial charge >= 0.3 is 0 Å². The number of amides is 1. The van der Waals surface area contributed by atoms with Crippen molar-refractivity contribution in [2.24, 2.45) is 0 Å². The molecule has 0 saturated heterocycles. The van der Waals surface area contributed by atoms with Gasteiger partial charge in [-0.25, -0.2) is 12.7 Å². The van der Waals surface area contributed by atoms with Gasteiger partial charge in [0, 0.05) is 31.1 Å². The summed E-state index contributed by atoms with van der Waals surface area (Å²) in [5, 5.41) is 1.96. The zero-order valence-corrected chi connectivity index (χ0v) is 20.1. The fourth-order valence-electron chi connectivity index (χ4n) is 3.17. The highest BCUT2D eigenvalue weighted by atomic mass is 32.2. The van der Waals surface area contributed by atoms with Gasteiger partial charge in [0.2, 0.25) is 10.0 Å². The van der Waals surface area contributed by atoms with E-state index in [-0.39, 0.29) is 10.8 Å². The van der Waals surface area contributed by atoms with Crippen molar-refractivity contribution in [3.8, 4) is 11.5 Å². The highest BCUT2D eigenvalue weighted by molar-refractivity contribution is 7.89. The van der Waals surface area contributed by atoms with E-state index in [1.54, 1.807) is 48.7 Å². The van der Waals surface area contributed by atoms with Gasteiger partial charge in [0.25, 0.3) is 5.91 Å². The Morgan fingerprint density at radius 3 is 2.31 bits per heavy atom. The van der Waals surface area contributed by atoms with E-state index in [4.69, 9.17) is 9.47 Å². The van der Waals surface area contributed by atoms with Gasteiger partial charge in [0.1, 0.15) is 0 Å². The number of methoxy groups -OCH3 is 2. The summed E-state index contributed by atoms with van der Waals surface area (Å²) in [5.74, 6) is 0.922. The predicted octanol–water partition coefficient (Wildman–Crippen LogP) is 3.86. The lowest BCUT2D eigenvalue weighted by molar-refractivity contribution is 0.0731. The largest absolute Gasteiger partial charge is 0.493 e. The van der Waals surface area contributed by atoms with E-state index in [9.17, 15) is 13.2 Å². The van der Waals surface area contributed by atoms with Crippen molar-refractivity contribution < 1.29 is 22.7 Å². The number of carbonyl (C=O) groups is 1. The molecule has 170 valence electrons. The number of ether oxygens (including phenoxy) is 2. The van der Waals surface area contributed by atoms with E-state index in [0.717, 1.165) is 14.7 Å². The number of sulfonamides is 1. The quantitative estimate of drug-likeness (QED) is 0.471. The molecule has 32 heavy (non-hydrogen) atoms. The molecule has 0 spiro atoms. The van der Waals surface area contributed by atoms with Crippen LogP contribution in [0.15, 0.2) is 64.9 Å². The summed E-state index contributed by atoms with van der Waals surface area (Å²) in [5.41, 5.74) is 1.18. The lowest BCUT2D eigenvalue weighted by Gasteiger charge is -2.23. The maximum atomic E-state index is 13.5. The third-order valence-corrected chi connectivity index (χ3v) is 7.57. The van der Waals surface area contributed by atoms with Gasteiger partial charge in [-0.1, -0.05) is 18.2 Å². The smallest absolute Gasteiger partial charge is 0.254 e. The number of hydrogen-bond donors (Lipinski definition) is 0. The maximum absolute atomic E-state index is 13.5. The Labute approximate surface area is 192 Å². The van der Waals surface area contributed by atoms with Crippen molar-refractivity contribution in [1.29, 1.82) is 0 Å². The van der Waals surface area contributed by atoms with Crippen molar-refractivity contribution in [2.75, 3.05) is 28.3 Å². The third-order valence-electron chi connectivity index (χ3n) is 4.89. The number of nitrogens with zero attached hydrogens (tertiary/aromatic N) is 2. The molecule has 3 rings (SSSR count). The molecule has 0 aliphatic heterocycles. The molecule has 0 saturated carbocycles. The lowest BCUT2D eigenvalue weighted by atomic mass is 10.1. The average molecular weight is 475 g/mol. The average Bonchev–Trinajstić information content (AvgIpc) is 3.31. The molecule has 2 aromatic carbocycles. The van der Waals surface area contributed by atoms with E-state index in [1.807, 2.05) is 29.6 Å². The second kappa shape index (κ2) is 10.2. The van der Waals surface area contributed by atoms with Crippen molar-refractivity contribution >= 4 is 27.3 Å². The first-order valence-electron chi connectivity index (χ1n) is 9.81. The van der Waals surface area contributed by atoms with Crippen LogP contribution < -0.4 is 9.47 Å². The van der Waals surface area contributed by atoms with E-state index in [1.165, 1.54) is 26.2 Å². The number of thiophene rings is 1. The van der Waals surface area contributed by atoms with Gasteiger partial charge in [-0.2, -0.15) is 0 Å². The Morgan fingerprint density at radius 1 is 0.938 bits per heavy atom. The zero-order valence-electron chi connectivity index (χ0n) is 18.4. The minimum Gasteiger partial charge on any atom is -0.493 e. The van der Waals surface area contributed by atoms with Crippen molar-refractivity contribution in [3.05, 3.63) is 76.0 Å². The summed E-state index contributed by atoms with van der Waals surface area (Å²) in [6, 6.07) is 15.5. The Morgan fingerprint density at radius 2 is 1.69 bits per heavy atom. The molecule has 0 N–H and O–H groups in total. The fraction of sp³-hybridized carbons (Fsp3) is 0.261. The molecular weight excluding hydrogens is 448 g/mol. The van der Waals surface area contributed by atoms with Gasteiger partial charge in [0.15, 0.2) is 11.5 Å². The second-order valence-electron chi connectivity index (χ2n) is 7.25. The molecule has 7 nitrogen and oxygen atoms in total. The van der Waals surface area contributed by atoms with Gasteiger partial charge in [-0.3, -0.25) is 4.79 Å². The first-order valence-corrected chi connectivity index (χ1v) is 12.1. The van der Waals surface area contributed by atoms with Gasteiger partial charge in [-0.15, -0.1) is 11.3 Å². The van der Waals surface area contributed by atoms with Crippen LogP contribution in [-0.2, 0) is 23.1 Å². The first kappa shape index (κ1) is 23.8. The molecule has 3 aromatic rings. The SMILES string of the molecule is COc1ccc(CN(Cc2cccs2)C(=O)c2cccc(S(=O)(=O)N(C)C)c2)cc1OC. The highest BCUT2D eigenvalue weighted by Gasteiger charge is 2.22. The van der Waals surface area contributed by atoms with Crippen LogP contribution in [0.4, 0.5) is 0 Å². The van der Waals surface area contributed by atoms with E-state index in [2.05, 4.69) is 0 Å². The van der Waals surface area contributed by atoms with Crippen molar-refractivity contribution in [3.63, 3.8) is 0 Å². The van der Waals surface area contributed by atoms with Crippen LogP contribution in [0.25, 0.3) is 0 Å².